The Bertz CT molecular complexity index is 759. The van der Waals surface area contributed by atoms with E-state index in [4.69, 9.17) is 12.0 Å². The van der Waals surface area contributed by atoms with Crippen LogP contribution in [0.3, 0.4) is 0 Å². The molecule has 1 aliphatic rings. The van der Waals surface area contributed by atoms with Gasteiger partial charge in [-0.1, -0.05) is 0 Å². The Morgan fingerprint density at radius 2 is 1.96 bits per heavy atom. The summed E-state index contributed by atoms with van der Waals surface area (Å²) < 4.78 is 22.5. The smallest absolute Gasteiger partial charge is 0.360 e. The highest BCUT2D eigenvalue weighted by molar-refractivity contribution is 7.74. The standard InChI is InChI=1S/C10H12N2.C5H9N2O4P/c1-4-10-7(2)12(8(3)11-10)9-5-6-9;1-4(8)5(7-6)12(9,10-2)11-3/h1,9H,5-6H2,2-3H3;1-3H3. The van der Waals surface area contributed by atoms with Crippen molar-refractivity contribution in [1.29, 1.82) is 0 Å². The number of nitrogens with zero attached hydrogens (tertiary/aromatic N) is 4. The van der Waals surface area contributed by atoms with E-state index < -0.39 is 18.8 Å². The zero-order valence-corrected chi connectivity index (χ0v) is 15.3. The van der Waals surface area contributed by atoms with E-state index in [1.165, 1.54) is 12.8 Å². The molecule has 1 aromatic heterocycles. The summed E-state index contributed by atoms with van der Waals surface area (Å²) in [5.74, 6) is 3.00. The number of hydrogen-bond donors (Lipinski definition) is 0. The third-order valence-corrected chi connectivity index (χ3v) is 5.41. The van der Waals surface area contributed by atoms with Gasteiger partial charge in [-0.15, -0.1) is 6.42 Å². The fourth-order valence-corrected chi connectivity index (χ4v) is 3.22. The summed E-state index contributed by atoms with van der Waals surface area (Å²) in [4.78, 5) is 17.6. The molecule has 24 heavy (non-hydrogen) atoms. The van der Waals surface area contributed by atoms with Gasteiger partial charge in [0, 0.05) is 27.2 Å². The van der Waals surface area contributed by atoms with E-state index in [1.54, 1.807) is 0 Å². The molecule has 0 saturated heterocycles. The quantitative estimate of drug-likeness (QED) is 0.266. The van der Waals surface area contributed by atoms with Crippen molar-refractivity contribution in [2.75, 3.05) is 14.2 Å². The Hall–Kier alpha value is -2.03. The Labute approximate surface area is 141 Å². The van der Waals surface area contributed by atoms with Crippen molar-refractivity contribution in [3.05, 3.63) is 22.7 Å². The van der Waals surface area contributed by atoms with Crippen LogP contribution in [0.15, 0.2) is 0 Å². The number of hydrogen-bond acceptors (Lipinski definition) is 5. The van der Waals surface area contributed by atoms with Gasteiger partial charge in [-0.2, -0.15) is 4.79 Å². The zero-order valence-electron chi connectivity index (χ0n) is 14.4. The third-order valence-electron chi connectivity index (χ3n) is 3.52. The van der Waals surface area contributed by atoms with Gasteiger partial charge < -0.3 is 19.1 Å². The lowest BCUT2D eigenvalue weighted by atomic mass is 10.3. The summed E-state index contributed by atoms with van der Waals surface area (Å²) in [6, 6.07) is 0.680. The first kappa shape index (κ1) is 20.0. The van der Waals surface area contributed by atoms with Gasteiger partial charge in [0.25, 0.3) is 0 Å². The predicted octanol–water partition coefficient (Wildman–Crippen LogP) is 2.51. The second-order valence-corrected chi connectivity index (χ2v) is 7.33. The number of carbonyl (C=O) groups is 1. The average Bonchev–Trinajstić information content (AvgIpc) is 3.33. The van der Waals surface area contributed by atoms with Gasteiger partial charge in [0.05, 0.1) is 5.69 Å². The van der Waals surface area contributed by atoms with E-state index >= 15 is 0 Å². The largest absolute Gasteiger partial charge is 0.446 e. The highest BCUT2D eigenvalue weighted by atomic mass is 31.2. The molecule has 1 heterocycles. The first-order valence-corrected chi connectivity index (χ1v) is 8.77. The summed E-state index contributed by atoms with van der Waals surface area (Å²) in [7, 11) is -1.51. The van der Waals surface area contributed by atoms with Crippen LogP contribution in [0.2, 0.25) is 0 Å². The van der Waals surface area contributed by atoms with E-state index in [0.29, 0.717) is 6.04 Å². The molecular weight excluding hydrogens is 331 g/mol. The topological polar surface area (TPSA) is 107 Å². The third kappa shape index (κ3) is 4.28. The Morgan fingerprint density at radius 3 is 2.21 bits per heavy atom. The van der Waals surface area contributed by atoms with Crippen LogP contribution in [-0.2, 0) is 18.4 Å². The molecule has 2 rings (SSSR count). The van der Waals surface area contributed by atoms with E-state index in [-0.39, 0.29) is 0 Å². The van der Waals surface area contributed by atoms with Crippen molar-refractivity contribution in [3.8, 4) is 12.3 Å². The van der Waals surface area contributed by atoms with Crippen LogP contribution in [0.4, 0.5) is 0 Å². The molecule has 0 aromatic carbocycles. The zero-order chi connectivity index (χ0) is 18.5. The molecule has 9 heteroatoms. The van der Waals surface area contributed by atoms with Crippen molar-refractivity contribution in [2.45, 2.75) is 39.7 Å². The van der Waals surface area contributed by atoms with Crippen LogP contribution in [-0.4, -0.2) is 39.8 Å². The SMILES string of the molecule is C#Cc1nc(C)n(C2CC2)c1C.COP(=O)(OC)C(=[N+]=[N-])C(C)=O. The van der Waals surface area contributed by atoms with Crippen LogP contribution in [0.1, 0.15) is 43.0 Å². The summed E-state index contributed by atoms with van der Waals surface area (Å²) in [5, 5.41) is 0. The van der Waals surface area contributed by atoms with Gasteiger partial charge in [-0.05, 0) is 32.6 Å². The average molecular weight is 352 g/mol. The number of aromatic nitrogens is 2. The van der Waals surface area contributed by atoms with E-state index in [1.807, 2.05) is 13.8 Å². The van der Waals surface area contributed by atoms with Gasteiger partial charge in [0.1, 0.15) is 11.5 Å². The van der Waals surface area contributed by atoms with Gasteiger partial charge in [0.2, 0.25) is 5.78 Å². The molecule has 130 valence electrons. The van der Waals surface area contributed by atoms with Crippen molar-refractivity contribution in [3.63, 3.8) is 0 Å². The number of aryl methyl sites for hydroxylation is 1. The van der Waals surface area contributed by atoms with Crippen molar-refractivity contribution < 1.29 is 23.2 Å². The van der Waals surface area contributed by atoms with Gasteiger partial charge in [0.15, 0.2) is 0 Å². The maximum Gasteiger partial charge on any atom is 0.446 e. The Balaban J connectivity index is 0.000000240. The van der Waals surface area contributed by atoms with Crippen LogP contribution in [0.5, 0.6) is 0 Å². The number of imidazole rings is 1. The summed E-state index contributed by atoms with van der Waals surface area (Å²) in [5.41, 5.74) is 9.68. The molecule has 1 saturated carbocycles. The van der Waals surface area contributed by atoms with Crippen molar-refractivity contribution >= 4 is 18.8 Å². The normalized spacial score (nSPS) is 13.3. The number of terminal acetylenes is 1. The fraction of sp³-hybridized carbons (Fsp3) is 0.533. The molecule has 0 amide bonds. The minimum absolute atomic E-state index is 0.604. The first-order chi connectivity index (χ1) is 11.2. The van der Waals surface area contributed by atoms with Gasteiger partial charge in [-0.25, -0.2) is 9.55 Å². The van der Waals surface area contributed by atoms with Gasteiger partial charge >= 0.3 is 13.0 Å². The summed E-state index contributed by atoms with van der Waals surface area (Å²) in [6.07, 6.45) is 7.89. The fourth-order valence-electron chi connectivity index (χ4n) is 2.23. The number of Topliss-reactive ketones (excluding diaryl/α,β-unsaturated/α-hetero) is 1. The molecule has 1 fully saturated rings. The monoisotopic (exact) mass is 352 g/mol. The molecule has 1 aromatic rings. The lowest BCUT2D eigenvalue weighted by Gasteiger charge is -2.05. The lowest BCUT2D eigenvalue weighted by Crippen LogP contribution is -2.13. The van der Waals surface area contributed by atoms with Crippen LogP contribution in [0.25, 0.3) is 5.53 Å². The van der Waals surface area contributed by atoms with Crippen LogP contribution < -0.4 is 0 Å². The minimum atomic E-state index is -3.70. The van der Waals surface area contributed by atoms with Crippen molar-refractivity contribution in [2.24, 2.45) is 0 Å². The van der Waals surface area contributed by atoms with Crippen LogP contribution in [0, 0.1) is 26.2 Å². The lowest BCUT2D eigenvalue weighted by molar-refractivity contribution is -0.114. The molecule has 0 N–H and O–H groups in total. The second-order valence-electron chi connectivity index (χ2n) is 5.18. The molecule has 8 nitrogen and oxygen atoms in total. The van der Waals surface area contributed by atoms with Gasteiger partial charge in [-0.3, -0.25) is 4.79 Å². The molecule has 0 radical (unpaired) electrons. The highest BCUT2D eigenvalue weighted by Crippen LogP contribution is 2.47. The molecule has 0 bridgehead atoms. The van der Waals surface area contributed by atoms with E-state index in [9.17, 15) is 9.36 Å². The Kier molecular flexibility index (Phi) is 6.82. The number of rotatable bonds is 5. The summed E-state index contributed by atoms with van der Waals surface area (Å²) in [6.45, 7) is 5.17. The molecule has 0 spiro atoms. The molecular formula is C15H21N4O4P. The first-order valence-electron chi connectivity index (χ1n) is 7.22. The highest BCUT2D eigenvalue weighted by Gasteiger charge is 2.41. The second kappa shape index (κ2) is 8.18. The molecule has 0 atom stereocenters. The maximum atomic E-state index is 11.4. The van der Waals surface area contributed by atoms with Crippen LogP contribution >= 0.6 is 7.60 Å². The molecule has 0 aliphatic heterocycles. The minimum Gasteiger partial charge on any atom is -0.360 e. The number of carbonyl (C=O) groups excluding carboxylic acids is 1. The number of ketones is 1. The predicted molar refractivity (Wildman–Crippen MR) is 88.8 cm³/mol. The maximum absolute atomic E-state index is 11.4. The van der Waals surface area contributed by atoms with E-state index in [2.05, 4.69) is 29.3 Å². The van der Waals surface area contributed by atoms with Crippen molar-refractivity contribution in [1.82, 2.24) is 9.55 Å². The van der Waals surface area contributed by atoms with E-state index in [0.717, 1.165) is 38.4 Å². The Morgan fingerprint density at radius 1 is 1.42 bits per heavy atom. The summed E-state index contributed by atoms with van der Waals surface area (Å²) >= 11 is 0. The molecule has 0 unspecified atom stereocenters. The molecule has 1 aliphatic carbocycles.